The largest absolute Gasteiger partial charge is 0.326 e. The minimum atomic E-state index is -0.275. The Morgan fingerprint density at radius 3 is 2.87 bits per heavy atom. The predicted molar refractivity (Wildman–Crippen MR) is 56.2 cm³/mol. The van der Waals surface area contributed by atoms with Crippen LogP contribution in [0.1, 0.15) is 11.1 Å². The van der Waals surface area contributed by atoms with Gasteiger partial charge in [0.05, 0.1) is 11.9 Å². The van der Waals surface area contributed by atoms with Crippen molar-refractivity contribution >= 4 is 0 Å². The molecule has 0 spiro atoms. The standard InChI is InChI=1S/C11H12FN3/c1-8-6-14-15(7-8)11-3-2-10(12)4-9(11)5-13/h2-4,6-7H,5,13H2,1H3. The van der Waals surface area contributed by atoms with Gasteiger partial charge in [-0.05, 0) is 36.2 Å². The van der Waals surface area contributed by atoms with Crippen LogP contribution in [0, 0.1) is 12.7 Å². The third-order valence-electron chi connectivity index (χ3n) is 2.22. The lowest BCUT2D eigenvalue weighted by Gasteiger charge is -2.07. The first-order valence-electron chi connectivity index (χ1n) is 4.71. The number of nitrogens with zero attached hydrogens (tertiary/aromatic N) is 2. The van der Waals surface area contributed by atoms with Gasteiger partial charge in [0.2, 0.25) is 0 Å². The summed E-state index contributed by atoms with van der Waals surface area (Å²) < 4.78 is 14.7. The first kappa shape index (κ1) is 9.86. The zero-order valence-electron chi connectivity index (χ0n) is 8.44. The molecule has 1 heterocycles. The fourth-order valence-electron chi connectivity index (χ4n) is 1.49. The topological polar surface area (TPSA) is 43.8 Å². The van der Waals surface area contributed by atoms with Gasteiger partial charge in [0, 0.05) is 12.7 Å². The summed E-state index contributed by atoms with van der Waals surface area (Å²) in [5, 5.41) is 4.16. The Morgan fingerprint density at radius 2 is 2.27 bits per heavy atom. The summed E-state index contributed by atoms with van der Waals surface area (Å²) in [6.07, 6.45) is 3.63. The number of halogens is 1. The maximum Gasteiger partial charge on any atom is 0.123 e. The number of rotatable bonds is 2. The Kier molecular flexibility index (Phi) is 2.51. The molecule has 0 radical (unpaired) electrons. The summed E-state index contributed by atoms with van der Waals surface area (Å²) in [7, 11) is 0. The van der Waals surface area contributed by atoms with Crippen LogP contribution in [0.5, 0.6) is 0 Å². The number of aryl methyl sites for hydroxylation is 1. The van der Waals surface area contributed by atoms with Crippen LogP contribution in [0.4, 0.5) is 4.39 Å². The summed E-state index contributed by atoms with van der Waals surface area (Å²) in [6, 6.07) is 4.53. The van der Waals surface area contributed by atoms with E-state index in [9.17, 15) is 4.39 Å². The van der Waals surface area contributed by atoms with Crippen LogP contribution in [-0.4, -0.2) is 9.78 Å². The van der Waals surface area contributed by atoms with Crippen LogP contribution < -0.4 is 5.73 Å². The molecule has 3 nitrogen and oxygen atoms in total. The van der Waals surface area contributed by atoms with E-state index in [2.05, 4.69) is 5.10 Å². The van der Waals surface area contributed by atoms with E-state index >= 15 is 0 Å². The zero-order chi connectivity index (χ0) is 10.8. The second-order valence-corrected chi connectivity index (χ2v) is 3.44. The van der Waals surface area contributed by atoms with E-state index < -0.39 is 0 Å². The van der Waals surface area contributed by atoms with Crippen molar-refractivity contribution in [2.24, 2.45) is 5.73 Å². The van der Waals surface area contributed by atoms with Gasteiger partial charge >= 0.3 is 0 Å². The molecule has 0 atom stereocenters. The van der Waals surface area contributed by atoms with E-state index in [0.717, 1.165) is 16.8 Å². The first-order chi connectivity index (χ1) is 7.20. The predicted octanol–water partition coefficient (Wildman–Crippen LogP) is 1.78. The summed E-state index contributed by atoms with van der Waals surface area (Å²) in [5.74, 6) is -0.275. The van der Waals surface area contributed by atoms with E-state index in [1.54, 1.807) is 16.9 Å². The van der Waals surface area contributed by atoms with E-state index in [0.29, 0.717) is 6.54 Å². The van der Waals surface area contributed by atoms with E-state index in [1.165, 1.54) is 12.1 Å². The van der Waals surface area contributed by atoms with Crippen LogP contribution in [0.15, 0.2) is 30.6 Å². The highest BCUT2D eigenvalue weighted by atomic mass is 19.1. The number of benzene rings is 1. The van der Waals surface area contributed by atoms with Crippen LogP contribution in [0.2, 0.25) is 0 Å². The molecule has 1 aromatic carbocycles. The van der Waals surface area contributed by atoms with Crippen molar-refractivity contribution in [2.45, 2.75) is 13.5 Å². The molecule has 0 bridgehead atoms. The van der Waals surface area contributed by atoms with Crippen molar-refractivity contribution < 1.29 is 4.39 Å². The second kappa shape index (κ2) is 3.82. The van der Waals surface area contributed by atoms with E-state index in [4.69, 9.17) is 5.73 Å². The minimum absolute atomic E-state index is 0.275. The average Bonchev–Trinajstić information content (AvgIpc) is 2.64. The van der Waals surface area contributed by atoms with Gasteiger partial charge in [-0.3, -0.25) is 0 Å². The van der Waals surface area contributed by atoms with Gasteiger partial charge in [-0.2, -0.15) is 5.10 Å². The molecule has 4 heteroatoms. The molecule has 0 aliphatic heterocycles. The lowest BCUT2D eigenvalue weighted by Crippen LogP contribution is -2.05. The Labute approximate surface area is 87.3 Å². The highest BCUT2D eigenvalue weighted by molar-refractivity contribution is 5.40. The van der Waals surface area contributed by atoms with Crippen LogP contribution in [-0.2, 0) is 6.54 Å². The third-order valence-corrected chi connectivity index (χ3v) is 2.22. The Morgan fingerprint density at radius 1 is 1.47 bits per heavy atom. The molecule has 2 rings (SSSR count). The molecular formula is C11H12FN3. The summed E-state index contributed by atoms with van der Waals surface area (Å²) >= 11 is 0. The molecule has 2 aromatic rings. The minimum Gasteiger partial charge on any atom is -0.326 e. The van der Waals surface area contributed by atoms with Gasteiger partial charge in [0.1, 0.15) is 5.82 Å². The summed E-state index contributed by atoms with van der Waals surface area (Å²) in [5.41, 5.74) is 8.19. The molecule has 1 aromatic heterocycles. The Bertz CT molecular complexity index is 476. The second-order valence-electron chi connectivity index (χ2n) is 3.44. The highest BCUT2D eigenvalue weighted by Gasteiger charge is 2.05. The van der Waals surface area contributed by atoms with Gasteiger partial charge in [-0.1, -0.05) is 0 Å². The van der Waals surface area contributed by atoms with Crippen molar-refractivity contribution in [1.29, 1.82) is 0 Å². The molecule has 0 aliphatic carbocycles. The maximum atomic E-state index is 13.0. The van der Waals surface area contributed by atoms with Gasteiger partial charge in [0.25, 0.3) is 0 Å². The number of aromatic nitrogens is 2. The van der Waals surface area contributed by atoms with Gasteiger partial charge < -0.3 is 5.73 Å². The number of nitrogens with two attached hydrogens (primary N) is 1. The number of hydrogen-bond donors (Lipinski definition) is 1. The quantitative estimate of drug-likeness (QED) is 0.812. The fourth-order valence-corrected chi connectivity index (χ4v) is 1.49. The lowest BCUT2D eigenvalue weighted by molar-refractivity contribution is 0.624. The van der Waals surface area contributed by atoms with Crippen LogP contribution in [0.3, 0.4) is 0 Å². The number of hydrogen-bond acceptors (Lipinski definition) is 2. The van der Waals surface area contributed by atoms with Crippen LogP contribution in [0.25, 0.3) is 5.69 Å². The lowest BCUT2D eigenvalue weighted by atomic mass is 10.2. The van der Waals surface area contributed by atoms with Crippen molar-refractivity contribution in [3.8, 4) is 5.69 Å². The summed E-state index contributed by atoms with van der Waals surface area (Å²) in [4.78, 5) is 0. The fraction of sp³-hybridized carbons (Fsp3) is 0.182. The van der Waals surface area contributed by atoms with Crippen LogP contribution >= 0.6 is 0 Å². The molecule has 0 amide bonds. The van der Waals surface area contributed by atoms with Gasteiger partial charge in [-0.15, -0.1) is 0 Å². The smallest absolute Gasteiger partial charge is 0.123 e. The van der Waals surface area contributed by atoms with Crippen molar-refractivity contribution in [1.82, 2.24) is 9.78 Å². The summed E-state index contributed by atoms with van der Waals surface area (Å²) in [6.45, 7) is 2.25. The highest BCUT2D eigenvalue weighted by Crippen LogP contribution is 2.15. The van der Waals surface area contributed by atoms with E-state index in [-0.39, 0.29) is 5.82 Å². The zero-order valence-corrected chi connectivity index (χ0v) is 8.44. The van der Waals surface area contributed by atoms with Crippen molar-refractivity contribution in [3.05, 3.63) is 47.5 Å². The molecule has 78 valence electrons. The molecule has 2 N–H and O–H groups in total. The first-order valence-corrected chi connectivity index (χ1v) is 4.71. The van der Waals surface area contributed by atoms with Crippen molar-refractivity contribution in [3.63, 3.8) is 0 Å². The molecule has 0 aliphatic rings. The Balaban J connectivity index is 2.52. The molecule has 0 saturated carbocycles. The van der Waals surface area contributed by atoms with Gasteiger partial charge in [-0.25, -0.2) is 9.07 Å². The molecule has 0 fully saturated rings. The monoisotopic (exact) mass is 205 g/mol. The Hall–Kier alpha value is -1.68. The SMILES string of the molecule is Cc1cnn(-c2ccc(F)cc2CN)c1. The molecule has 0 unspecified atom stereocenters. The molecular weight excluding hydrogens is 193 g/mol. The normalized spacial score (nSPS) is 10.6. The maximum absolute atomic E-state index is 13.0. The molecule has 15 heavy (non-hydrogen) atoms. The molecule has 0 saturated heterocycles. The van der Waals surface area contributed by atoms with Gasteiger partial charge in [0.15, 0.2) is 0 Å². The van der Waals surface area contributed by atoms with Crippen molar-refractivity contribution in [2.75, 3.05) is 0 Å². The third kappa shape index (κ3) is 1.89. The average molecular weight is 205 g/mol. The van der Waals surface area contributed by atoms with E-state index in [1.807, 2.05) is 13.1 Å².